The Labute approximate surface area is 143 Å². The molecule has 3 fully saturated rings. The summed E-state index contributed by atoms with van der Waals surface area (Å²) < 4.78 is 6.06. The lowest BCUT2D eigenvalue weighted by Gasteiger charge is -2.47. The molecule has 1 aromatic rings. The highest BCUT2D eigenvalue weighted by atomic mass is 16.5. The van der Waals surface area contributed by atoms with E-state index in [1.807, 2.05) is 0 Å². The first-order chi connectivity index (χ1) is 11.8. The summed E-state index contributed by atoms with van der Waals surface area (Å²) in [7, 11) is 0. The Balaban J connectivity index is 1.48. The summed E-state index contributed by atoms with van der Waals surface area (Å²) in [6.07, 6.45) is 12.4. The lowest BCUT2D eigenvalue weighted by Crippen LogP contribution is -2.62. The number of amides is 1. The molecule has 0 unspecified atom stereocenters. The lowest BCUT2D eigenvalue weighted by atomic mass is 9.84. The Kier molecular flexibility index (Phi) is 4.76. The molecule has 3 aliphatic rings. The summed E-state index contributed by atoms with van der Waals surface area (Å²) >= 11 is 0. The maximum atomic E-state index is 12.5. The average molecular weight is 330 g/mol. The predicted molar refractivity (Wildman–Crippen MR) is 89.6 cm³/mol. The van der Waals surface area contributed by atoms with Gasteiger partial charge in [0.15, 0.2) is 0 Å². The van der Waals surface area contributed by atoms with Crippen LogP contribution in [0.3, 0.4) is 0 Å². The van der Waals surface area contributed by atoms with Crippen molar-refractivity contribution in [2.45, 2.75) is 56.7 Å². The molecular formula is C18H26N4O2. The van der Waals surface area contributed by atoms with Gasteiger partial charge < -0.3 is 10.1 Å². The van der Waals surface area contributed by atoms with Gasteiger partial charge in [-0.05, 0) is 31.6 Å². The van der Waals surface area contributed by atoms with Crippen LogP contribution < -0.4 is 5.32 Å². The molecule has 3 heterocycles. The summed E-state index contributed by atoms with van der Waals surface area (Å²) in [5.41, 5.74) is 0.378. The minimum atomic E-state index is -0.144. The van der Waals surface area contributed by atoms with Gasteiger partial charge in [0.2, 0.25) is 0 Å². The Morgan fingerprint density at radius 2 is 2.04 bits per heavy atom. The summed E-state index contributed by atoms with van der Waals surface area (Å²) in [5, 5.41) is 3.18. The smallest absolute Gasteiger partial charge is 0.271 e. The van der Waals surface area contributed by atoms with Crippen molar-refractivity contribution in [1.29, 1.82) is 0 Å². The van der Waals surface area contributed by atoms with Crippen LogP contribution >= 0.6 is 0 Å². The van der Waals surface area contributed by atoms with E-state index >= 15 is 0 Å². The largest absolute Gasteiger partial charge is 0.376 e. The molecule has 1 amide bonds. The zero-order chi connectivity index (χ0) is 16.4. The number of hydrogen-bond donors (Lipinski definition) is 1. The third-order valence-corrected chi connectivity index (χ3v) is 5.74. The van der Waals surface area contributed by atoms with Gasteiger partial charge >= 0.3 is 0 Å². The molecule has 0 bridgehead atoms. The number of carbonyl (C=O) groups excluding carboxylic acids is 1. The van der Waals surface area contributed by atoms with Gasteiger partial charge in [-0.1, -0.05) is 12.8 Å². The number of aromatic nitrogens is 2. The second-order valence-corrected chi connectivity index (χ2v) is 7.30. The van der Waals surface area contributed by atoms with E-state index in [2.05, 4.69) is 20.2 Å². The molecule has 1 saturated carbocycles. The fourth-order valence-electron chi connectivity index (χ4n) is 4.59. The van der Waals surface area contributed by atoms with E-state index in [1.165, 1.54) is 38.3 Å². The quantitative estimate of drug-likeness (QED) is 0.912. The second kappa shape index (κ2) is 7.15. The van der Waals surface area contributed by atoms with E-state index in [-0.39, 0.29) is 18.1 Å². The zero-order valence-electron chi connectivity index (χ0n) is 14.1. The van der Waals surface area contributed by atoms with Crippen LogP contribution in [0.2, 0.25) is 0 Å². The maximum absolute atomic E-state index is 12.5. The number of hydrogen-bond acceptors (Lipinski definition) is 5. The van der Waals surface area contributed by atoms with Crippen molar-refractivity contribution in [3.8, 4) is 0 Å². The van der Waals surface area contributed by atoms with Gasteiger partial charge in [-0.25, -0.2) is 4.98 Å². The molecule has 0 radical (unpaired) electrons. The number of fused-ring (bicyclic) bond motifs is 1. The highest BCUT2D eigenvalue weighted by molar-refractivity contribution is 5.92. The van der Waals surface area contributed by atoms with Crippen molar-refractivity contribution < 1.29 is 9.53 Å². The van der Waals surface area contributed by atoms with E-state index in [4.69, 9.17) is 4.74 Å². The van der Waals surface area contributed by atoms with E-state index in [1.54, 1.807) is 12.4 Å². The van der Waals surface area contributed by atoms with Gasteiger partial charge in [-0.3, -0.25) is 14.7 Å². The topological polar surface area (TPSA) is 67.4 Å². The van der Waals surface area contributed by atoms with Crippen LogP contribution in [-0.2, 0) is 4.74 Å². The minimum Gasteiger partial charge on any atom is -0.376 e. The first kappa shape index (κ1) is 16.0. The monoisotopic (exact) mass is 330 g/mol. The summed E-state index contributed by atoms with van der Waals surface area (Å²) in [6.45, 7) is 2.81. The Morgan fingerprint density at radius 3 is 2.83 bits per heavy atom. The number of nitrogens with one attached hydrogen (secondary N) is 1. The SMILES string of the molecule is O=C(N[C@@H]1CN(C2CCCC2)C[C@@H]2CCCO[C@@H]21)c1cnccn1. The highest BCUT2D eigenvalue weighted by Crippen LogP contribution is 2.33. The maximum Gasteiger partial charge on any atom is 0.271 e. The van der Waals surface area contributed by atoms with E-state index in [0.717, 1.165) is 26.1 Å². The van der Waals surface area contributed by atoms with E-state index in [0.29, 0.717) is 17.7 Å². The number of likely N-dealkylation sites (tertiary alicyclic amines) is 1. The van der Waals surface area contributed by atoms with Crippen molar-refractivity contribution in [3.63, 3.8) is 0 Å². The summed E-state index contributed by atoms with van der Waals surface area (Å²) in [4.78, 5) is 23.2. The van der Waals surface area contributed by atoms with Crippen molar-refractivity contribution in [2.24, 2.45) is 5.92 Å². The van der Waals surface area contributed by atoms with Crippen LogP contribution in [0, 0.1) is 5.92 Å². The first-order valence-electron chi connectivity index (χ1n) is 9.24. The molecule has 2 saturated heterocycles. The molecule has 130 valence electrons. The first-order valence-corrected chi connectivity index (χ1v) is 9.24. The van der Waals surface area contributed by atoms with Gasteiger partial charge in [-0.2, -0.15) is 0 Å². The molecule has 6 heteroatoms. The van der Waals surface area contributed by atoms with Gasteiger partial charge in [0.1, 0.15) is 5.69 Å². The molecule has 24 heavy (non-hydrogen) atoms. The molecule has 6 nitrogen and oxygen atoms in total. The van der Waals surface area contributed by atoms with Crippen LogP contribution in [0.4, 0.5) is 0 Å². The van der Waals surface area contributed by atoms with Crippen molar-refractivity contribution in [3.05, 3.63) is 24.3 Å². The molecule has 2 aliphatic heterocycles. The minimum absolute atomic E-state index is 0.0409. The van der Waals surface area contributed by atoms with E-state index in [9.17, 15) is 4.79 Å². The molecule has 0 aromatic carbocycles. The van der Waals surface area contributed by atoms with Gasteiger partial charge in [0.05, 0.1) is 18.3 Å². The average Bonchev–Trinajstić information content (AvgIpc) is 3.17. The summed E-state index contributed by atoms with van der Waals surface area (Å²) in [5.74, 6) is 0.384. The Bertz CT molecular complexity index is 561. The predicted octanol–water partition coefficient (Wildman–Crippen LogP) is 1.63. The van der Waals surface area contributed by atoms with Crippen LogP contribution in [0.15, 0.2) is 18.6 Å². The molecule has 0 spiro atoms. The molecule has 1 aromatic heterocycles. The van der Waals surface area contributed by atoms with Crippen molar-refractivity contribution in [1.82, 2.24) is 20.2 Å². The van der Waals surface area contributed by atoms with Crippen LogP contribution in [0.25, 0.3) is 0 Å². The van der Waals surface area contributed by atoms with Crippen LogP contribution in [-0.4, -0.2) is 58.7 Å². The van der Waals surface area contributed by atoms with Crippen molar-refractivity contribution in [2.75, 3.05) is 19.7 Å². The highest BCUT2D eigenvalue weighted by Gasteiger charge is 2.42. The van der Waals surface area contributed by atoms with Crippen molar-refractivity contribution >= 4 is 5.91 Å². The third kappa shape index (κ3) is 3.30. The normalized spacial score (nSPS) is 31.6. The number of nitrogens with zero attached hydrogens (tertiary/aromatic N) is 3. The van der Waals surface area contributed by atoms with Crippen LogP contribution in [0.1, 0.15) is 49.0 Å². The number of piperidine rings is 1. The Morgan fingerprint density at radius 1 is 1.17 bits per heavy atom. The number of carbonyl (C=O) groups is 1. The number of ether oxygens (including phenoxy) is 1. The fourth-order valence-corrected chi connectivity index (χ4v) is 4.59. The van der Waals surface area contributed by atoms with Gasteiger partial charge in [0, 0.05) is 38.1 Å². The number of rotatable bonds is 3. The third-order valence-electron chi connectivity index (χ3n) is 5.74. The molecule has 1 N–H and O–H groups in total. The molecule has 3 atom stereocenters. The molecule has 4 rings (SSSR count). The van der Waals surface area contributed by atoms with Crippen LogP contribution in [0.5, 0.6) is 0 Å². The summed E-state index contributed by atoms with van der Waals surface area (Å²) in [6, 6.07) is 0.725. The lowest BCUT2D eigenvalue weighted by molar-refractivity contribution is -0.0899. The fraction of sp³-hybridized carbons (Fsp3) is 0.722. The molecule has 1 aliphatic carbocycles. The standard InChI is InChI=1S/C18H26N4O2/c23-18(15-10-19-7-8-20-15)21-16-12-22(14-5-1-2-6-14)11-13-4-3-9-24-17(13)16/h7-8,10,13-14,16-17H,1-6,9,11-12H2,(H,21,23)/t13-,16+,17-/m0/s1. The molecular weight excluding hydrogens is 304 g/mol. The van der Waals surface area contributed by atoms with Gasteiger partial charge in [-0.15, -0.1) is 0 Å². The second-order valence-electron chi connectivity index (χ2n) is 7.30. The van der Waals surface area contributed by atoms with Gasteiger partial charge in [0.25, 0.3) is 5.91 Å². The zero-order valence-corrected chi connectivity index (χ0v) is 14.1. The Hall–Kier alpha value is -1.53. The van der Waals surface area contributed by atoms with E-state index < -0.39 is 0 Å².